The number of piperazine rings is 1. The van der Waals surface area contributed by atoms with Crippen LogP contribution in [0.4, 0.5) is 5.69 Å². The zero-order chi connectivity index (χ0) is 15.5. The highest BCUT2D eigenvalue weighted by Gasteiger charge is 2.24. The first-order valence-corrected chi connectivity index (χ1v) is 8.57. The van der Waals surface area contributed by atoms with E-state index in [4.69, 9.17) is 0 Å². The summed E-state index contributed by atoms with van der Waals surface area (Å²) in [5.74, 6) is 0.568. The number of hydrogen-bond donors (Lipinski definition) is 0. The molecule has 0 N–H and O–H groups in total. The van der Waals surface area contributed by atoms with Gasteiger partial charge in [0.15, 0.2) is 5.01 Å². The molecule has 0 atom stereocenters. The second kappa shape index (κ2) is 6.48. The highest BCUT2D eigenvalue weighted by atomic mass is 32.1. The third-order valence-corrected chi connectivity index (χ3v) is 4.84. The van der Waals surface area contributed by atoms with Crippen molar-refractivity contribution in [2.24, 2.45) is 0 Å². The first kappa shape index (κ1) is 15.0. The maximum atomic E-state index is 12.3. The lowest BCUT2D eigenvalue weighted by atomic mass is 10.00. The number of rotatable bonds is 3. The normalized spacial score (nSPS) is 15.4. The van der Waals surface area contributed by atoms with Crippen molar-refractivity contribution in [3.63, 3.8) is 0 Å². The van der Waals surface area contributed by atoms with Crippen molar-refractivity contribution < 1.29 is 4.79 Å². The van der Waals surface area contributed by atoms with Gasteiger partial charge in [0.05, 0.1) is 0 Å². The van der Waals surface area contributed by atoms with Crippen LogP contribution in [0.15, 0.2) is 35.8 Å². The Bertz CT molecular complexity index is 631. The van der Waals surface area contributed by atoms with Crippen molar-refractivity contribution in [2.75, 3.05) is 31.1 Å². The van der Waals surface area contributed by atoms with Crippen LogP contribution < -0.4 is 4.90 Å². The Kier molecular flexibility index (Phi) is 4.43. The number of carbonyl (C=O) groups is 1. The van der Waals surface area contributed by atoms with Crippen molar-refractivity contribution in [1.29, 1.82) is 0 Å². The summed E-state index contributed by atoms with van der Waals surface area (Å²) in [6.07, 6.45) is 1.69. The third kappa shape index (κ3) is 2.99. The topological polar surface area (TPSA) is 36.4 Å². The summed E-state index contributed by atoms with van der Waals surface area (Å²) in [6.45, 7) is 7.71. The standard InChI is InChI=1S/C17H21N3OS/c1-13(2)14-5-3-4-6-15(14)19-8-10-20(11-9-19)17(21)16-18-7-12-22-16/h3-7,12-13H,8-11H2,1-2H3. The van der Waals surface area contributed by atoms with Crippen molar-refractivity contribution in [3.05, 3.63) is 46.4 Å². The number of nitrogens with zero attached hydrogens (tertiary/aromatic N) is 3. The smallest absolute Gasteiger partial charge is 0.282 e. The molecule has 22 heavy (non-hydrogen) atoms. The highest BCUT2D eigenvalue weighted by Crippen LogP contribution is 2.28. The quantitative estimate of drug-likeness (QED) is 0.872. The van der Waals surface area contributed by atoms with E-state index in [0.29, 0.717) is 10.9 Å². The summed E-state index contributed by atoms with van der Waals surface area (Å²) in [6, 6.07) is 8.58. The van der Waals surface area contributed by atoms with Crippen LogP contribution in [-0.4, -0.2) is 42.0 Å². The molecule has 3 rings (SSSR count). The first-order chi connectivity index (χ1) is 10.7. The van der Waals surface area contributed by atoms with E-state index in [2.05, 4.69) is 48.0 Å². The number of para-hydroxylation sites is 1. The second-order valence-corrected chi connectivity index (χ2v) is 6.72. The predicted molar refractivity (Wildman–Crippen MR) is 90.8 cm³/mol. The van der Waals surface area contributed by atoms with Gasteiger partial charge < -0.3 is 9.80 Å². The van der Waals surface area contributed by atoms with E-state index in [1.807, 2.05) is 10.3 Å². The summed E-state index contributed by atoms with van der Waals surface area (Å²) in [5.41, 5.74) is 2.68. The average Bonchev–Trinajstić information content (AvgIpc) is 3.09. The molecule has 2 aromatic rings. The molecule has 2 heterocycles. The number of amides is 1. The van der Waals surface area contributed by atoms with Crippen LogP contribution in [0.5, 0.6) is 0 Å². The summed E-state index contributed by atoms with van der Waals surface area (Å²) in [4.78, 5) is 20.8. The van der Waals surface area contributed by atoms with Crippen molar-refractivity contribution in [2.45, 2.75) is 19.8 Å². The van der Waals surface area contributed by atoms with Gasteiger partial charge >= 0.3 is 0 Å². The van der Waals surface area contributed by atoms with Gasteiger partial charge in [0, 0.05) is 43.4 Å². The molecule has 1 aromatic heterocycles. The van der Waals surface area contributed by atoms with Gasteiger partial charge in [-0.15, -0.1) is 11.3 Å². The van der Waals surface area contributed by atoms with Crippen molar-refractivity contribution in [1.82, 2.24) is 9.88 Å². The molecule has 5 heteroatoms. The van der Waals surface area contributed by atoms with Crippen LogP contribution >= 0.6 is 11.3 Å². The van der Waals surface area contributed by atoms with Crippen LogP contribution in [0.1, 0.15) is 35.1 Å². The van der Waals surface area contributed by atoms with Gasteiger partial charge in [-0.05, 0) is 17.5 Å². The van der Waals surface area contributed by atoms with E-state index in [9.17, 15) is 4.79 Å². The maximum absolute atomic E-state index is 12.3. The molecule has 0 aliphatic carbocycles. The summed E-state index contributed by atoms with van der Waals surface area (Å²) in [5, 5.41) is 2.44. The molecule has 116 valence electrons. The molecular formula is C17H21N3OS. The lowest BCUT2D eigenvalue weighted by Gasteiger charge is -2.37. The number of anilines is 1. The Morgan fingerprint density at radius 3 is 2.55 bits per heavy atom. The van der Waals surface area contributed by atoms with Crippen LogP contribution in [0.25, 0.3) is 0 Å². The number of carbonyl (C=O) groups excluding carboxylic acids is 1. The minimum Gasteiger partial charge on any atom is -0.368 e. The van der Waals surface area contributed by atoms with Gasteiger partial charge in [-0.2, -0.15) is 0 Å². The Morgan fingerprint density at radius 2 is 1.91 bits per heavy atom. The number of thiazole rings is 1. The maximum Gasteiger partial charge on any atom is 0.282 e. The van der Waals surface area contributed by atoms with E-state index in [-0.39, 0.29) is 5.91 Å². The molecule has 1 aromatic carbocycles. The Balaban J connectivity index is 1.69. The van der Waals surface area contributed by atoms with E-state index in [1.165, 1.54) is 22.6 Å². The molecule has 0 radical (unpaired) electrons. The number of aromatic nitrogens is 1. The summed E-state index contributed by atoms with van der Waals surface area (Å²) in [7, 11) is 0. The Morgan fingerprint density at radius 1 is 1.18 bits per heavy atom. The number of hydrogen-bond acceptors (Lipinski definition) is 4. The van der Waals surface area contributed by atoms with E-state index in [1.54, 1.807) is 6.20 Å². The summed E-state index contributed by atoms with van der Waals surface area (Å²) >= 11 is 1.41. The fourth-order valence-electron chi connectivity index (χ4n) is 2.88. The molecule has 0 spiro atoms. The Hall–Kier alpha value is -1.88. The van der Waals surface area contributed by atoms with E-state index in [0.717, 1.165) is 26.2 Å². The van der Waals surface area contributed by atoms with Gasteiger partial charge in [0.25, 0.3) is 5.91 Å². The first-order valence-electron chi connectivity index (χ1n) is 7.69. The molecule has 0 bridgehead atoms. The number of benzene rings is 1. The minimum atomic E-state index is 0.0618. The summed E-state index contributed by atoms with van der Waals surface area (Å²) < 4.78 is 0. The molecule has 1 amide bonds. The van der Waals surface area contributed by atoms with Crippen molar-refractivity contribution >= 4 is 22.9 Å². The van der Waals surface area contributed by atoms with Gasteiger partial charge in [-0.25, -0.2) is 4.98 Å². The van der Waals surface area contributed by atoms with Crippen molar-refractivity contribution in [3.8, 4) is 0 Å². The van der Waals surface area contributed by atoms with E-state index < -0.39 is 0 Å². The molecule has 0 unspecified atom stereocenters. The molecular weight excluding hydrogens is 294 g/mol. The van der Waals surface area contributed by atoms with Crippen LogP contribution in [-0.2, 0) is 0 Å². The monoisotopic (exact) mass is 315 g/mol. The Labute approximate surface area is 135 Å². The fourth-order valence-corrected chi connectivity index (χ4v) is 3.48. The third-order valence-electron chi connectivity index (χ3n) is 4.08. The molecule has 1 fully saturated rings. The SMILES string of the molecule is CC(C)c1ccccc1N1CCN(C(=O)c2nccs2)CC1. The van der Waals surface area contributed by atoms with Gasteiger partial charge in [0.2, 0.25) is 0 Å². The molecule has 4 nitrogen and oxygen atoms in total. The van der Waals surface area contributed by atoms with E-state index >= 15 is 0 Å². The zero-order valence-electron chi connectivity index (χ0n) is 13.0. The van der Waals surface area contributed by atoms with Gasteiger partial charge in [0.1, 0.15) is 0 Å². The average molecular weight is 315 g/mol. The van der Waals surface area contributed by atoms with Crippen LogP contribution in [0.3, 0.4) is 0 Å². The molecule has 0 saturated carbocycles. The van der Waals surface area contributed by atoms with Gasteiger partial charge in [-0.1, -0.05) is 32.0 Å². The van der Waals surface area contributed by atoms with Gasteiger partial charge in [-0.3, -0.25) is 4.79 Å². The molecule has 1 aliphatic heterocycles. The fraction of sp³-hybridized carbons (Fsp3) is 0.412. The van der Waals surface area contributed by atoms with Crippen LogP contribution in [0, 0.1) is 0 Å². The zero-order valence-corrected chi connectivity index (χ0v) is 13.8. The molecule has 1 saturated heterocycles. The lowest BCUT2D eigenvalue weighted by molar-refractivity contribution is 0.0746. The highest BCUT2D eigenvalue weighted by molar-refractivity contribution is 7.11. The minimum absolute atomic E-state index is 0.0618. The second-order valence-electron chi connectivity index (χ2n) is 5.83. The lowest BCUT2D eigenvalue weighted by Crippen LogP contribution is -2.49. The molecule has 1 aliphatic rings. The predicted octanol–water partition coefficient (Wildman–Crippen LogP) is 3.23. The van der Waals surface area contributed by atoms with Crippen LogP contribution in [0.2, 0.25) is 0 Å². The largest absolute Gasteiger partial charge is 0.368 e.